The normalized spacial score (nSPS) is 7.50. The maximum Gasteiger partial charge on any atom is 2.00 e. The van der Waals surface area contributed by atoms with Crippen LogP contribution in [0.1, 0.15) is 0 Å². The molecule has 0 amide bonds. The van der Waals surface area contributed by atoms with E-state index in [0.717, 1.165) is 0 Å². The molecule has 12 heavy (non-hydrogen) atoms. The van der Waals surface area contributed by atoms with Crippen molar-refractivity contribution in [3.05, 3.63) is 43.2 Å². The minimum Gasteiger partial charge on any atom is -0.527 e. The molecule has 0 heterocycles. The van der Waals surface area contributed by atoms with Crippen LogP contribution in [-0.4, -0.2) is 14.2 Å². The number of benzene rings is 1. The van der Waals surface area contributed by atoms with Crippen LogP contribution in [0, 0.1) is 12.9 Å². The van der Waals surface area contributed by atoms with E-state index >= 15 is 0 Å². The van der Waals surface area contributed by atoms with Gasteiger partial charge in [0.15, 0.2) is 0 Å². The van der Waals surface area contributed by atoms with E-state index in [9.17, 15) is 0 Å². The van der Waals surface area contributed by atoms with Crippen LogP contribution in [0.2, 0.25) is 0 Å². The Balaban J connectivity index is 0. The summed E-state index contributed by atoms with van der Waals surface area (Å²) in [4.78, 5) is 0. The summed E-state index contributed by atoms with van der Waals surface area (Å²) in [5.74, 6) is 0. The second-order valence-electron chi connectivity index (χ2n) is 1.64. The molecule has 0 aliphatic rings. The van der Waals surface area contributed by atoms with Crippen molar-refractivity contribution >= 4 is 0 Å². The summed E-state index contributed by atoms with van der Waals surface area (Å²) in [6.07, 6.45) is 0. The molecule has 0 radical (unpaired) electrons. The summed E-state index contributed by atoms with van der Waals surface area (Å²) < 4.78 is 8.69. The smallest absolute Gasteiger partial charge is 0.527 e. The van der Waals surface area contributed by atoms with Gasteiger partial charge in [-0.15, -0.1) is 0 Å². The first-order valence-corrected chi connectivity index (χ1v) is 3.20. The number of hydrogen-bond donors (Lipinski definition) is 0. The number of hydrogen-bond acceptors (Lipinski definition) is 2. The van der Waals surface area contributed by atoms with Crippen molar-refractivity contribution in [1.82, 2.24) is 0 Å². The van der Waals surface area contributed by atoms with Gasteiger partial charge in [0.25, 0.3) is 0 Å². The molecule has 1 rings (SSSR count). The summed E-state index contributed by atoms with van der Waals surface area (Å²) in [5.41, 5.74) is 0. The van der Waals surface area contributed by atoms with E-state index in [0.29, 0.717) is 0 Å². The Hall–Kier alpha value is -0.146. The second kappa shape index (κ2) is 13.4. The predicted molar refractivity (Wildman–Crippen MR) is 43.6 cm³/mol. The van der Waals surface area contributed by atoms with Gasteiger partial charge in [0.1, 0.15) is 0 Å². The van der Waals surface area contributed by atoms with Crippen LogP contribution >= 0.6 is 0 Å². The Bertz CT molecular complexity index is 116. The zero-order valence-electron chi connectivity index (χ0n) is 7.28. The van der Waals surface area contributed by atoms with E-state index in [-0.39, 0.29) is 21.7 Å². The van der Waals surface area contributed by atoms with Crippen molar-refractivity contribution in [1.29, 1.82) is 0 Å². The standard InChI is InChI=1S/C6H5.C3H7O2.Ti/c1-2-4-6-5-3-1;1-4-3-5-2;/h1-5H;3H,1-2H3;/q2*-1;+2. The molecule has 0 N–H and O–H groups in total. The summed E-state index contributed by atoms with van der Waals surface area (Å²) in [6.45, 7) is 1.25. The first-order valence-electron chi connectivity index (χ1n) is 3.20. The molecular formula is C9H12O2Ti. The zero-order valence-corrected chi connectivity index (χ0v) is 8.84. The molecule has 0 aromatic heterocycles. The monoisotopic (exact) mass is 200 g/mol. The Morgan fingerprint density at radius 2 is 1.50 bits per heavy atom. The molecule has 0 saturated heterocycles. The average molecular weight is 200 g/mol. The van der Waals surface area contributed by atoms with Crippen LogP contribution < -0.4 is 0 Å². The van der Waals surface area contributed by atoms with Gasteiger partial charge in [0, 0.05) is 14.2 Å². The fraction of sp³-hybridized carbons (Fsp3) is 0.222. The Morgan fingerprint density at radius 1 is 1.00 bits per heavy atom. The van der Waals surface area contributed by atoms with Gasteiger partial charge in [-0.05, 0) is 0 Å². The van der Waals surface area contributed by atoms with Crippen LogP contribution in [0.15, 0.2) is 30.3 Å². The van der Waals surface area contributed by atoms with E-state index in [1.165, 1.54) is 21.0 Å². The van der Waals surface area contributed by atoms with Crippen LogP contribution in [0.4, 0.5) is 0 Å². The number of methoxy groups -OCH3 is 2. The Kier molecular flexibility index (Phi) is 16.1. The topological polar surface area (TPSA) is 18.5 Å². The maximum absolute atomic E-state index is 4.34. The van der Waals surface area contributed by atoms with E-state index in [4.69, 9.17) is 0 Å². The van der Waals surface area contributed by atoms with Crippen molar-refractivity contribution in [3.63, 3.8) is 0 Å². The van der Waals surface area contributed by atoms with Gasteiger partial charge in [-0.25, -0.2) is 0 Å². The van der Waals surface area contributed by atoms with Crippen molar-refractivity contribution in [2.75, 3.05) is 14.2 Å². The molecule has 0 atom stereocenters. The Morgan fingerprint density at radius 3 is 1.58 bits per heavy atom. The molecule has 2 nitrogen and oxygen atoms in total. The van der Waals surface area contributed by atoms with Crippen molar-refractivity contribution < 1.29 is 31.2 Å². The summed E-state index contributed by atoms with van der Waals surface area (Å²) in [7, 11) is 3.06. The molecule has 0 unspecified atom stereocenters. The van der Waals surface area contributed by atoms with Gasteiger partial charge in [-0.1, -0.05) is 6.79 Å². The third-order valence-electron chi connectivity index (χ3n) is 0.800. The molecule has 0 aliphatic heterocycles. The van der Waals surface area contributed by atoms with Gasteiger partial charge in [0.05, 0.1) is 0 Å². The van der Waals surface area contributed by atoms with Crippen molar-refractivity contribution in [2.24, 2.45) is 0 Å². The van der Waals surface area contributed by atoms with E-state index in [2.05, 4.69) is 15.5 Å². The summed E-state index contributed by atoms with van der Waals surface area (Å²) in [5, 5.41) is 0. The van der Waals surface area contributed by atoms with Crippen LogP contribution in [0.5, 0.6) is 0 Å². The van der Waals surface area contributed by atoms with E-state index in [1.807, 2.05) is 30.3 Å². The van der Waals surface area contributed by atoms with Crippen LogP contribution in [0.25, 0.3) is 0 Å². The van der Waals surface area contributed by atoms with E-state index < -0.39 is 0 Å². The molecule has 0 saturated carbocycles. The molecule has 3 heteroatoms. The summed E-state index contributed by atoms with van der Waals surface area (Å²) in [6, 6.07) is 12.5. The fourth-order valence-electron chi connectivity index (χ4n) is 0.438. The van der Waals surface area contributed by atoms with Crippen molar-refractivity contribution in [3.8, 4) is 0 Å². The largest absolute Gasteiger partial charge is 2.00 e. The van der Waals surface area contributed by atoms with Crippen LogP contribution in [0.3, 0.4) is 0 Å². The quantitative estimate of drug-likeness (QED) is 0.536. The molecule has 64 valence electrons. The molecule has 0 aliphatic carbocycles. The van der Waals surface area contributed by atoms with Gasteiger partial charge >= 0.3 is 21.7 Å². The maximum atomic E-state index is 4.34. The molecule has 1 aromatic rings. The molecule has 0 spiro atoms. The minimum atomic E-state index is 0. The predicted octanol–water partition coefficient (Wildman–Crippen LogP) is 1.88. The SMILES string of the molecule is CO[CH-]OC.[Ti+2].[c-]1ccccc1. The van der Waals surface area contributed by atoms with Gasteiger partial charge in [0.2, 0.25) is 0 Å². The van der Waals surface area contributed by atoms with Gasteiger partial charge < -0.3 is 9.47 Å². The van der Waals surface area contributed by atoms with Gasteiger partial charge in [-0.2, -0.15) is 36.4 Å². The first kappa shape index (κ1) is 14.4. The number of rotatable bonds is 2. The molecule has 1 aromatic carbocycles. The fourth-order valence-corrected chi connectivity index (χ4v) is 0.438. The zero-order chi connectivity index (χ0) is 8.36. The van der Waals surface area contributed by atoms with E-state index in [1.54, 1.807) is 0 Å². The third-order valence-corrected chi connectivity index (χ3v) is 0.800. The average Bonchev–Trinajstić information content (AvgIpc) is 2.10. The minimum absolute atomic E-state index is 0. The third kappa shape index (κ3) is 12.5. The first-order chi connectivity index (χ1) is 5.41. The second-order valence-corrected chi connectivity index (χ2v) is 1.64. The Labute approximate surface area is 88.8 Å². The van der Waals surface area contributed by atoms with Crippen LogP contribution in [-0.2, 0) is 31.2 Å². The molecular weight excluding hydrogens is 188 g/mol. The van der Waals surface area contributed by atoms with Crippen molar-refractivity contribution in [2.45, 2.75) is 0 Å². The molecule has 0 bridgehead atoms. The number of ether oxygens (including phenoxy) is 2. The van der Waals surface area contributed by atoms with Gasteiger partial charge in [-0.3, -0.25) is 0 Å². The summed E-state index contributed by atoms with van der Waals surface area (Å²) >= 11 is 0. The molecule has 0 fully saturated rings.